The molecule has 0 aliphatic heterocycles. The quantitative estimate of drug-likeness (QED) is 0.841. The number of aliphatic hydroxyl groups is 1. The van der Waals surface area contributed by atoms with Crippen molar-refractivity contribution in [3.05, 3.63) is 33.4 Å². The second kappa shape index (κ2) is 4.80. The number of hydrogen-bond acceptors (Lipinski definition) is 2. The summed E-state index contributed by atoms with van der Waals surface area (Å²) in [6.07, 6.45) is 3.10. The number of rotatable bonds is 3. The number of aliphatic hydroxyl groups excluding tert-OH is 1. The largest absolute Gasteiger partial charge is 0.391 e. The molecule has 82 valence electrons. The molecule has 15 heavy (non-hydrogen) atoms. The average Bonchev–Trinajstić information content (AvgIpc) is 2.15. The Kier molecular flexibility index (Phi) is 3.64. The molecule has 0 unspecified atom stereocenters. The van der Waals surface area contributed by atoms with Crippen molar-refractivity contribution < 1.29 is 5.11 Å². The van der Waals surface area contributed by atoms with E-state index in [2.05, 4.69) is 22.6 Å². The van der Waals surface area contributed by atoms with Crippen LogP contribution >= 0.6 is 22.6 Å². The van der Waals surface area contributed by atoms with Gasteiger partial charge in [0, 0.05) is 3.57 Å². The zero-order chi connectivity index (χ0) is 10.8. The van der Waals surface area contributed by atoms with Gasteiger partial charge in [0.15, 0.2) is 0 Å². The summed E-state index contributed by atoms with van der Waals surface area (Å²) in [5.41, 5.74) is 7.16. The number of nitrogens with two attached hydrogens (primary N) is 1. The van der Waals surface area contributed by atoms with E-state index in [9.17, 15) is 5.11 Å². The van der Waals surface area contributed by atoms with Crippen molar-refractivity contribution in [2.45, 2.75) is 31.4 Å². The maximum atomic E-state index is 10.1. The van der Waals surface area contributed by atoms with Crippen LogP contribution < -0.4 is 5.73 Å². The summed E-state index contributed by atoms with van der Waals surface area (Å²) in [7, 11) is 0. The minimum absolute atomic E-state index is 0.233. The number of hydrogen-bond donors (Lipinski definition) is 2. The van der Waals surface area contributed by atoms with E-state index in [4.69, 9.17) is 5.73 Å². The van der Waals surface area contributed by atoms with E-state index in [1.165, 1.54) is 6.42 Å². The highest BCUT2D eigenvalue weighted by Gasteiger charge is 2.31. The molecule has 0 aromatic heterocycles. The first kappa shape index (κ1) is 11.4. The van der Waals surface area contributed by atoms with Gasteiger partial charge in [-0.1, -0.05) is 24.6 Å². The van der Waals surface area contributed by atoms with Gasteiger partial charge >= 0.3 is 0 Å². The van der Waals surface area contributed by atoms with Crippen molar-refractivity contribution in [1.29, 1.82) is 0 Å². The third-order valence-corrected chi connectivity index (χ3v) is 4.25. The Labute approximate surface area is 104 Å². The van der Waals surface area contributed by atoms with Crippen LogP contribution in [-0.4, -0.2) is 11.2 Å². The molecule has 0 saturated heterocycles. The first-order valence-corrected chi connectivity index (χ1v) is 6.46. The second-order valence-corrected chi connectivity index (χ2v) is 5.39. The molecular weight excluding hydrogens is 301 g/mol. The van der Waals surface area contributed by atoms with Crippen molar-refractivity contribution in [1.82, 2.24) is 0 Å². The van der Waals surface area contributed by atoms with Crippen LogP contribution in [0.15, 0.2) is 24.3 Å². The third-order valence-electron chi connectivity index (χ3n) is 3.27. The molecular formula is C12H16INO. The van der Waals surface area contributed by atoms with Crippen LogP contribution in [0, 0.1) is 9.49 Å². The van der Waals surface area contributed by atoms with Gasteiger partial charge in [-0.3, -0.25) is 0 Å². The summed E-state index contributed by atoms with van der Waals surface area (Å²) in [6, 6.07) is 7.78. The second-order valence-electron chi connectivity index (χ2n) is 4.23. The van der Waals surface area contributed by atoms with Gasteiger partial charge in [-0.2, -0.15) is 0 Å². The Bertz CT molecular complexity index is 338. The maximum absolute atomic E-state index is 10.1. The summed E-state index contributed by atoms with van der Waals surface area (Å²) in [4.78, 5) is 0. The number of halogens is 1. The summed E-state index contributed by atoms with van der Waals surface area (Å²) >= 11 is 2.27. The molecule has 0 spiro atoms. The Morgan fingerprint density at radius 2 is 2.00 bits per heavy atom. The van der Waals surface area contributed by atoms with E-state index < -0.39 is 0 Å². The summed E-state index contributed by atoms with van der Waals surface area (Å²) < 4.78 is 1.14. The Hall–Kier alpha value is -0.130. The molecule has 1 aromatic carbocycles. The Balaban J connectivity index is 2.12. The monoisotopic (exact) mass is 317 g/mol. The van der Waals surface area contributed by atoms with Crippen molar-refractivity contribution >= 4 is 22.6 Å². The highest BCUT2D eigenvalue weighted by atomic mass is 127. The van der Waals surface area contributed by atoms with Crippen molar-refractivity contribution in [2.75, 3.05) is 0 Å². The lowest BCUT2D eigenvalue weighted by Gasteiger charge is -2.34. The van der Waals surface area contributed by atoms with Crippen LogP contribution in [0.2, 0.25) is 0 Å². The van der Waals surface area contributed by atoms with Crippen molar-refractivity contribution in [3.63, 3.8) is 0 Å². The molecule has 1 aliphatic rings. The fraction of sp³-hybridized carbons (Fsp3) is 0.500. The summed E-state index contributed by atoms with van der Waals surface area (Å²) in [5, 5.41) is 10.1. The van der Waals surface area contributed by atoms with Gasteiger partial charge in [0.2, 0.25) is 0 Å². The van der Waals surface area contributed by atoms with E-state index in [1.54, 1.807) is 0 Å². The lowest BCUT2D eigenvalue weighted by Crippen LogP contribution is -2.36. The normalized spacial score (nSPS) is 20.7. The lowest BCUT2D eigenvalue weighted by molar-refractivity contribution is 0.0412. The first-order valence-electron chi connectivity index (χ1n) is 5.38. The molecule has 1 saturated carbocycles. The molecule has 0 bridgehead atoms. The van der Waals surface area contributed by atoms with E-state index in [-0.39, 0.29) is 12.1 Å². The van der Waals surface area contributed by atoms with Gasteiger partial charge in [-0.25, -0.2) is 0 Å². The molecule has 3 N–H and O–H groups in total. The van der Waals surface area contributed by atoms with E-state index >= 15 is 0 Å². The van der Waals surface area contributed by atoms with E-state index in [1.807, 2.05) is 24.3 Å². The van der Waals surface area contributed by atoms with Gasteiger partial charge in [0.25, 0.3) is 0 Å². The van der Waals surface area contributed by atoms with Crippen LogP contribution in [0.5, 0.6) is 0 Å². The SMILES string of the molecule is N[C@@H](c1ccccc1I)[C@H](O)C1CCC1. The maximum Gasteiger partial charge on any atom is 0.0761 e. The van der Waals surface area contributed by atoms with Gasteiger partial charge in [0.05, 0.1) is 12.1 Å². The standard InChI is InChI=1S/C12H16INO/c13-10-7-2-1-6-9(10)11(14)12(15)8-4-3-5-8/h1-2,6-8,11-12,15H,3-5,14H2/t11-,12+/m0/s1. The Morgan fingerprint density at radius 3 is 2.53 bits per heavy atom. The van der Waals surface area contributed by atoms with Gasteiger partial charge in [-0.05, 0) is 53.0 Å². The van der Waals surface area contributed by atoms with Crippen LogP contribution in [0.25, 0.3) is 0 Å². The summed E-state index contributed by atoms with van der Waals surface area (Å²) in [6.45, 7) is 0. The average molecular weight is 317 g/mol. The van der Waals surface area contributed by atoms with Crippen molar-refractivity contribution in [2.24, 2.45) is 11.7 Å². The Morgan fingerprint density at radius 1 is 1.33 bits per heavy atom. The highest BCUT2D eigenvalue weighted by molar-refractivity contribution is 14.1. The highest BCUT2D eigenvalue weighted by Crippen LogP contribution is 2.35. The molecule has 2 atom stereocenters. The van der Waals surface area contributed by atoms with Gasteiger partial charge in [0.1, 0.15) is 0 Å². The third kappa shape index (κ3) is 2.34. The molecule has 2 nitrogen and oxygen atoms in total. The zero-order valence-corrected chi connectivity index (χ0v) is 10.7. The molecule has 0 heterocycles. The molecule has 1 fully saturated rings. The lowest BCUT2D eigenvalue weighted by atomic mass is 9.77. The van der Waals surface area contributed by atoms with Crippen LogP contribution in [0.3, 0.4) is 0 Å². The predicted octanol–water partition coefficient (Wildman–Crippen LogP) is 2.45. The van der Waals surface area contributed by atoms with Crippen LogP contribution in [0.4, 0.5) is 0 Å². The van der Waals surface area contributed by atoms with E-state index in [0.717, 1.165) is 22.0 Å². The van der Waals surface area contributed by atoms with Gasteiger partial charge < -0.3 is 10.8 Å². The molecule has 2 rings (SSSR count). The minimum atomic E-state index is -0.380. The molecule has 0 radical (unpaired) electrons. The zero-order valence-electron chi connectivity index (χ0n) is 8.57. The fourth-order valence-electron chi connectivity index (χ4n) is 2.00. The topological polar surface area (TPSA) is 46.2 Å². The predicted molar refractivity (Wildman–Crippen MR) is 69.4 cm³/mol. The van der Waals surface area contributed by atoms with Crippen LogP contribution in [-0.2, 0) is 0 Å². The first-order chi connectivity index (χ1) is 7.20. The molecule has 0 amide bonds. The van der Waals surface area contributed by atoms with E-state index in [0.29, 0.717) is 5.92 Å². The number of benzene rings is 1. The fourth-order valence-corrected chi connectivity index (χ4v) is 2.75. The van der Waals surface area contributed by atoms with Gasteiger partial charge in [-0.15, -0.1) is 0 Å². The van der Waals surface area contributed by atoms with Crippen molar-refractivity contribution in [3.8, 4) is 0 Å². The minimum Gasteiger partial charge on any atom is -0.391 e. The molecule has 1 aromatic rings. The summed E-state index contributed by atoms with van der Waals surface area (Å²) in [5.74, 6) is 0.413. The van der Waals surface area contributed by atoms with Crippen LogP contribution in [0.1, 0.15) is 30.9 Å². The molecule has 3 heteroatoms. The molecule has 1 aliphatic carbocycles. The smallest absolute Gasteiger partial charge is 0.0761 e.